The standard InChI is InChI=1S/C18H25ClN2O2/c1-14(22)21(17-4-2-3-5-17)13-11-18(23)20-12-10-15-6-8-16(19)9-7-15/h6-9,17H,2-5,10-13H2,1H3,(H,20,23). The van der Waals surface area contributed by atoms with E-state index in [0.29, 0.717) is 30.6 Å². The van der Waals surface area contributed by atoms with E-state index in [-0.39, 0.29) is 11.8 Å². The maximum Gasteiger partial charge on any atom is 0.221 e. The van der Waals surface area contributed by atoms with Gasteiger partial charge in [0.1, 0.15) is 0 Å². The lowest BCUT2D eigenvalue weighted by molar-refractivity contribution is -0.131. The molecule has 1 aromatic carbocycles. The van der Waals surface area contributed by atoms with Gasteiger partial charge in [0, 0.05) is 37.5 Å². The van der Waals surface area contributed by atoms with Crippen LogP contribution in [0.25, 0.3) is 0 Å². The summed E-state index contributed by atoms with van der Waals surface area (Å²) in [7, 11) is 0. The summed E-state index contributed by atoms with van der Waals surface area (Å²) in [6, 6.07) is 7.96. The fourth-order valence-electron chi connectivity index (χ4n) is 3.12. The number of amides is 2. The van der Waals surface area contributed by atoms with Gasteiger partial charge in [0.15, 0.2) is 0 Å². The number of nitrogens with one attached hydrogen (secondary N) is 1. The second kappa shape index (κ2) is 8.92. The van der Waals surface area contributed by atoms with Gasteiger partial charge in [0.25, 0.3) is 0 Å². The molecule has 5 heteroatoms. The maximum absolute atomic E-state index is 12.0. The van der Waals surface area contributed by atoms with E-state index in [1.54, 1.807) is 6.92 Å². The SMILES string of the molecule is CC(=O)N(CCC(=O)NCCc1ccc(Cl)cc1)C1CCCC1. The zero-order valence-corrected chi connectivity index (χ0v) is 14.4. The Morgan fingerprint density at radius 3 is 2.48 bits per heavy atom. The number of halogens is 1. The quantitative estimate of drug-likeness (QED) is 0.831. The highest BCUT2D eigenvalue weighted by Gasteiger charge is 2.24. The van der Waals surface area contributed by atoms with E-state index >= 15 is 0 Å². The molecule has 2 amide bonds. The molecule has 0 aromatic heterocycles. The Labute approximate surface area is 143 Å². The Hall–Kier alpha value is -1.55. The third-order valence-corrected chi connectivity index (χ3v) is 4.65. The Bertz CT molecular complexity index is 524. The number of nitrogens with zero attached hydrogens (tertiary/aromatic N) is 1. The molecule has 0 spiro atoms. The third-order valence-electron chi connectivity index (χ3n) is 4.40. The summed E-state index contributed by atoms with van der Waals surface area (Å²) < 4.78 is 0. The van der Waals surface area contributed by atoms with Crippen molar-refractivity contribution in [3.05, 3.63) is 34.9 Å². The van der Waals surface area contributed by atoms with Crippen molar-refractivity contribution in [2.45, 2.75) is 51.5 Å². The topological polar surface area (TPSA) is 49.4 Å². The Morgan fingerprint density at radius 1 is 1.22 bits per heavy atom. The van der Waals surface area contributed by atoms with Crippen LogP contribution in [-0.4, -0.2) is 35.8 Å². The van der Waals surface area contributed by atoms with Crippen molar-refractivity contribution in [2.24, 2.45) is 0 Å². The van der Waals surface area contributed by atoms with Gasteiger partial charge in [-0.15, -0.1) is 0 Å². The molecular weight excluding hydrogens is 312 g/mol. The van der Waals surface area contributed by atoms with E-state index in [0.717, 1.165) is 24.8 Å². The van der Waals surface area contributed by atoms with Crippen LogP contribution in [0.3, 0.4) is 0 Å². The summed E-state index contributed by atoms with van der Waals surface area (Å²) in [5.41, 5.74) is 1.14. The normalized spacial score (nSPS) is 14.7. The average molecular weight is 337 g/mol. The number of rotatable bonds is 7. The lowest BCUT2D eigenvalue weighted by atomic mass is 10.1. The first-order valence-corrected chi connectivity index (χ1v) is 8.72. The summed E-state index contributed by atoms with van der Waals surface area (Å²) in [5.74, 6) is 0.0778. The summed E-state index contributed by atoms with van der Waals surface area (Å²) in [5, 5.41) is 3.64. The van der Waals surface area contributed by atoms with Gasteiger partial charge >= 0.3 is 0 Å². The lowest BCUT2D eigenvalue weighted by Crippen LogP contribution is -2.40. The van der Waals surface area contributed by atoms with Crippen LogP contribution >= 0.6 is 11.6 Å². The molecule has 4 nitrogen and oxygen atoms in total. The minimum absolute atomic E-state index is 0.00297. The van der Waals surface area contributed by atoms with Gasteiger partial charge < -0.3 is 10.2 Å². The van der Waals surface area contributed by atoms with Crippen LogP contribution in [0.1, 0.15) is 44.6 Å². The molecule has 1 N–H and O–H groups in total. The van der Waals surface area contributed by atoms with Gasteiger partial charge in [-0.2, -0.15) is 0 Å². The smallest absolute Gasteiger partial charge is 0.221 e. The molecule has 1 fully saturated rings. The summed E-state index contributed by atoms with van der Waals surface area (Å²) in [6.45, 7) is 2.72. The van der Waals surface area contributed by atoms with E-state index in [2.05, 4.69) is 5.32 Å². The molecule has 1 aliphatic carbocycles. The number of hydrogen-bond donors (Lipinski definition) is 1. The number of benzene rings is 1. The van der Waals surface area contributed by atoms with Crippen molar-refractivity contribution in [3.63, 3.8) is 0 Å². The van der Waals surface area contributed by atoms with Crippen molar-refractivity contribution in [2.75, 3.05) is 13.1 Å². The predicted octanol–water partition coefficient (Wildman–Crippen LogP) is 3.18. The highest BCUT2D eigenvalue weighted by atomic mass is 35.5. The van der Waals surface area contributed by atoms with E-state index in [9.17, 15) is 9.59 Å². The van der Waals surface area contributed by atoms with Crippen LogP contribution < -0.4 is 5.32 Å². The lowest BCUT2D eigenvalue weighted by Gasteiger charge is -2.27. The summed E-state index contributed by atoms with van der Waals surface area (Å²) >= 11 is 5.84. The molecule has 0 aliphatic heterocycles. The molecule has 1 aromatic rings. The van der Waals surface area contributed by atoms with Gasteiger partial charge in [-0.25, -0.2) is 0 Å². The van der Waals surface area contributed by atoms with E-state index in [1.807, 2.05) is 29.2 Å². The molecule has 126 valence electrons. The van der Waals surface area contributed by atoms with Crippen molar-refractivity contribution in [3.8, 4) is 0 Å². The number of hydrogen-bond acceptors (Lipinski definition) is 2. The zero-order chi connectivity index (χ0) is 16.7. The molecule has 1 saturated carbocycles. The molecule has 0 saturated heterocycles. The summed E-state index contributed by atoms with van der Waals surface area (Å²) in [4.78, 5) is 25.6. The van der Waals surface area contributed by atoms with Gasteiger partial charge in [-0.1, -0.05) is 36.6 Å². The average Bonchev–Trinajstić information content (AvgIpc) is 3.03. The minimum Gasteiger partial charge on any atom is -0.356 e. The fraction of sp³-hybridized carbons (Fsp3) is 0.556. The minimum atomic E-state index is 0.00297. The van der Waals surface area contributed by atoms with Gasteiger partial charge in [0.2, 0.25) is 11.8 Å². The summed E-state index contributed by atoms with van der Waals surface area (Å²) in [6.07, 6.45) is 5.65. The largest absolute Gasteiger partial charge is 0.356 e. The van der Waals surface area contributed by atoms with Gasteiger partial charge in [-0.3, -0.25) is 9.59 Å². The Morgan fingerprint density at radius 2 is 1.87 bits per heavy atom. The zero-order valence-electron chi connectivity index (χ0n) is 13.7. The fourth-order valence-corrected chi connectivity index (χ4v) is 3.25. The van der Waals surface area contributed by atoms with Crippen molar-refractivity contribution in [1.29, 1.82) is 0 Å². The highest BCUT2D eigenvalue weighted by molar-refractivity contribution is 6.30. The maximum atomic E-state index is 12.0. The van der Waals surface area contributed by atoms with Crippen LogP contribution in [0.2, 0.25) is 5.02 Å². The molecule has 0 atom stereocenters. The molecule has 0 radical (unpaired) electrons. The highest BCUT2D eigenvalue weighted by Crippen LogP contribution is 2.23. The van der Waals surface area contributed by atoms with Crippen LogP contribution in [0.5, 0.6) is 0 Å². The Balaban J connectivity index is 1.69. The monoisotopic (exact) mass is 336 g/mol. The van der Waals surface area contributed by atoms with E-state index in [1.165, 1.54) is 12.8 Å². The molecule has 1 aliphatic rings. The van der Waals surface area contributed by atoms with Crippen LogP contribution in [-0.2, 0) is 16.0 Å². The molecule has 2 rings (SSSR count). The van der Waals surface area contributed by atoms with Crippen molar-refractivity contribution >= 4 is 23.4 Å². The molecule has 0 bridgehead atoms. The van der Waals surface area contributed by atoms with Crippen LogP contribution in [0, 0.1) is 0 Å². The van der Waals surface area contributed by atoms with Crippen LogP contribution in [0.4, 0.5) is 0 Å². The number of carbonyl (C=O) groups excluding carboxylic acids is 2. The first-order valence-electron chi connectivity index (χ1n) is 8.34. The second-order valence-electron chi connectivity index (χ2n) is 6.13. The van der Waals surface area contributed by atoms with Gasteiger partial charge in [0.05, 0.1) is 0 Å². The van der Waals surface area contributed by atoms with E-state index < -0.39 is 0 Å². The molecular formula is C18H25ClN2O2. The molecule has 23 heavy (non-hydrogen) atoms. The van der Waals surface area contributed by atoms with Crippen molar-refractivity contribution in [1.82, 2.24) is 10.2 Å². The second-order valence-corrected chi connectivity index (χ2v) is 6.56. The third kappa shape index (κ3) is 5.87. The molecule has 0 heterocycles. The van der Waals surface area contributed by atoms with E-state index in [4.69, 9.17) is 11.6 Å². The Kier molecular flexibility index (Phi) is 6.90. The van der Waals surface area contributed by atoms with Gasteiger partial charge in [-0.05, 0) is 37.0 Å². The van der Waals surface area contributed by atoms with Crippen molar-refractivity contribution < 1.29 is 9.59 Å². The van der Waals surface area contributed by atoms with Crippen LogP contribution in [0.15, 0.2) is 24.3 Å². The molecule has 0 unspecified atom stereocenters. The first-order chi connectivity index (χ1) is 11.1. The predicted molar refractivity (Wildman–Crippen MR) is 92.4 cm³/mol. The number of carbonyl (C=O) groups is 2. The first kappa shape index (κ1) is 17.8.